The molecule has 0 amide bonds. The van der Waals surface area contributed by atoms with Crippen molar-refractivity contribution in [2.24, 2.45) is 5.73 Å². The van der Waals surface area contributed by atoms with Crippen molar-refractivity contribution in [1.29, 1.82) is 0 Å². The summed E-state index contributed by atoms with van der Waals surface area (Å²) in [5.74, 6) is 0. The maximum atomic E-state index is 5.89. The Morgan fingerprint density at radius 2 is 1.76 bits per heavy atom. The van der Waals surface area contributed by atoms with Gasteiger partial charge in [0.15, 0.2) is 0 Å². The predicted octanol–water partition coefficient (Wildman–Crippen LogP) is 2.22. The number of nitrogens with two attached hydrogens (primary N) is 1. The van der Waals surface area contributed by atoms with E-state index in [1.54, 1.807) is 0 Å². The zero-order valence-corrected chi connectivity index (χ0v) is 12.4. The van der Waals surface area contributed by atoms with Gasteiger partial charge in [-0.2, -0.15) is 0 Å². The Morgan fingerprint density at radius 3 is 2.29 bits per heavy atom. The first-order valence-corrected chi connectivity index (χ1v) is 7.14. The van der Waals surface area contributed by atoms with Crippen LogP contribution in [0.2, 0.25) is 0 Å². The van der Waals surface area contributed by atoms with Crippen LogP contribution in [0.5, 0.6) is 0 Å². The molecule has 0 aromatic carbocycles. The number of nitrogens with zero attached hydrogens (tertiary/aromatic N) is 1. The maximum absolute atomic E-state index is 5.89. The zero-order chi connectivity index (χ0) is 13.1. The lowest BCUT2D eigenvalue weighted by atomic mass is 9.94. The van der Waals surface area contributed by atoms with E-state index in [1.807, 2.05) is 0 Å². The SMILES string of the molecule is CCCCCCCC(C)(CN)NCCN(C)C. The Bertz CT molecular complexity index is 171. The monoisotopic (exact) mass is 243 g/mol. The van der Waals surface area contributed by atoms with E-state index in [-0.39, 0.29) is 5.54 Å². The third kappa shape index (κ3) is 9.57. The van der Waals surface area contributed by atoms with Gasteiger partial charge in [-0.1, -0.05) is 39.0 Å². The summed E-state index contributed by atoms with van der Waals surface area (Å²) < 4.78 is 0. The van der Waals surface area contributed by atoms with Crippen LogP contribution in [0.25, 0.3) is 0 Å². The van der Waals surface area contributed by atoms with Crippen LogP contribution < -0.4 is 11.1 Å². The summed E-state index contributed by atoms with van der Waals surface area (Å²) in [6.07, 6.45) is 7.89. The summed E-state index contributed by atoms with van der Waals surface area (Å²) in [5.41, 5.74) is 6.02. The fraction of sp³-hybridized carbons (Fsp3) is 1.00. The molecule has 0 radical (unpaired) electrons. The molecule has 1 atom stereocenters. The molecule has 104 valence electrons. The third-order valence-electron chi connectivity index (χ3n) is 3.39. The minimum atomic E-state index is 0.127. The Morgan fingerprint density at radius 1 is 1.12 bits per heavy atom. The van der Waals surface area contributed by atoms with Gasteiger partial charge in [-0.25, -0.2) is 0 Å². The van der Waals surface area contributed by atoms with Gasteiger partial charge in [0.25, 0.3) is 0 Å². The summed E-state index contributed by atoms with van der Waals surface area (Å²) >= 11 is 0. The second-order valence-corrected chi connectivity index (χ2v) is 5.66. The molecule has 0 fully saturated rings. The molecule has 0 spiro atoms. The van der Waals surface area contributed by atoms with Gasteiger partial charge >= 0.3 is 0 Å². The highest BCUT2D eigenvalue weighted by atomic mass is 15.1. The van der Waals surface area contributed by atoms with Gasteiger partial charge in [-0.15, -0.1) is 0 Å². The summed E-state index contributed by atoms with van der Waals surface area (Å²) in [6, 6.07) is 0. The number of likely N-dealkylation sites (N-methyl/N-ethyl adjacent to an activating group) is 1. The lowest BCUT2D eigenvalue weighted by Gasteiger charge is -2.30. The second-order valence-electron chi connectivity index (χ2n) is 5.66. The number of hydrogen-bond donors (Lipinski definition) is 2. The first-order chi connectivity index (χ1) is 8.04. The Balaban J connectivity index is 3.69. The van der Waals surface area contributed by atoms with Crippen LogP contribution in [0, 0.1) is 0 Å². The molecule has 3 N–H and O–H groups in total. The summed E-state index contributed by atoms with van der Waals surface area (Å²) in [7, 11) is 4.21. The average molecular weight is 243 g/mol. The zero-order valence-electron chi connectivity index (χ0n) is 12.4. The molecule has 1 unspecified atom stereocenters. The smallest absolute Gasteiger partial charge is 0.0276 e. The molecule has 17 heavy (non-hydrogen) atoms. The molecule has 0 aliphatic heterocycles. The fourth-order valence-electron chi connectivity index (χ4n) is 1.96. The van der Waals surface area contributed by atoms with E-state index in [1.165, 1.54) is 38.5 Å². The number of rotatable bonds is 11. The van der Waals surface area contributed by atoms with Crippen LogP contribution in [0.15, 0.2) is 0 Å². The minimum Gasteiger partial charge on any atom is -0.329 e. The Kier molecular flexibility index (Phi) is 9.79. The van der Waals surface area contributed by atoms with Crippen molar-refractivity contribution in [3.63, 3.8) is 0 Å². The van der Waals surface area contributed by atoms with Gasteiger partial charge in [-0.05, 0) is 27.4 Å². The minimum absolute atomic E-state index is 0.127. The van der Waals surface area contributed by atoms with Gasteiger partial charge < -0.3 is 16.0 Å². The van der Waals surface area contributed by atoms with E-state index in [4.69, 9.17) is 5.73 Å². The normalized spacial score (nSPS) is 15.2. The average Bonchev–Trinajstić information content (AvgIpc) is 2.28. The third-order valence-corrected chi connectivity index (χ3v) is 3.39. The molecule has 0 aliphatic carbocycles. The van der Waals surface area contributed by atoms with Crippen LogP contribution in [0.1, 0.15) is 52.4 Å². The standard InChI is InChI=1S/C14H33N3/c1-5-6-7-8-9-10-14(2,13-15)16-11-12-17(3)4/h16H,5-13,15H2,1-4H3. The molecule has 0 bridgehead atoms. The largest absolute Gasteiger partial charge is 0.329 e. The predicted molar refractivity (Wildman–Crippen MR) is 77.4 cm³/mol. The highest BCUT2D eigenvalue weighted by molar-refractivity contribution is 4.84. The quantitative estimate of drug-likeness (QED) is 0.547. The van der Waals surface area contributed by atoms with Crippen molar-refractivity contribution in [2.45, 2.75) is 57.9 Å². The van der Waals surface area contributed by atoms with Crippen molar-refractivity contribution in [3.8, 4) is 0 Å². The Hall–Kier alpha value is -0.120. The molecule has 0 aliphatic rings. The molecule has 0 aromatic rings. The van der Waals surface area contributed by atoms with Gasteiger partial charge in [0.05, 0.1) is 0 Å². The molecular weight excluding hydrogens is 210 g/mol. The highest BCUT2D eigenvalue weighted by Crippen LogP contribution is 2.14. The van der Waals surface area contributed by atoms with Crippen molar-refractivity contribution in [3.05, 3.63) is 0 Å². The van der Waals surface area contributed by atoms with Gasteiger partial charge in [0.1, 0.15) is 0 Å². The molecule has 0 aromatic heterocycles. The molecule has 0 saturated heterocycles. The van der Waals surface area contributed by atoms with Crippen molar-refractivity contribution in [1.82, 2.24) is 10.2 Å². The van der Waals surface area contributed by atoms with Crippen LogP contribution in [-0.4, -0.2) is 44.2 Å². The van der Waals surface area contributed by atoms with E-state index in [9.17, 15) is 0 Å². The van der Waals surface area contributed by atoms with Crippen LogP contribution in [-0.2, 0) is 0 Å². The topological polar surface area (TPSA) is 41.3 Å². The van der Waals surface area contributed by atoms with E-state index in [0.29, 0.717) is 0 Å². The summed E-state index contributed by atoms with van der Waals surface area (Å²) in [5, 5.41) is 3.60. The fourth-order valence-corrected chi connectivity index (χ4v) is 1.96. The summed E-state index contributed by atoms with van der Waals surface area (Å²) in [4.78, 5) is 2.20. The molecular formula is C14H33N3. The van der Waals surface area contributed by atoms with Crippen LogP contribution in [0.3, 0.4) is 0 Å². The van der Waals surface area contributed by atoms with Crippen LogP contribution in [0.4, 0.5) is 0 Å². The van der Waals surface area contributed by atoms with Crippen molar-refractivity contribution >= 4 is 0 Å². The number of hydrogen-bond acceptors (Lipinski definition) is 3. The molecule has 0 rings (SSSR count). The van der Waals surface area contributed by atoms with E-state index >= 15 is 0 Å². The highest BCUT2D eigenvalue weighted by Gasteiger charge is 2.20. The summed E-state index contributed by atoms with van der Waals surface area (Å²) in [6.45, 7) is 7.34. The first kappa shape index (κ1) is 16.9. The number of unbranched alkanes of at least 4 members (excludes halogenated alkanes) is 4. The van der Waals surface area contributed by atoms with Gasteiger partial charge in [0.2, 0.25) is 0 Å². The lowest BCUT2D eigenvalue weighted by Crippen LogP contribution is -2.50. The molecule has 3 heteroatoms. The van der Waals surface area contributed by atoms with Crippen molar-refractivity contribution < 1.29 is 0 Å². The maximum Gasteiger partial charge on any atom is 0.0276 e. The number of nitrogens with one attached hydrogen (secondary N) is 1. The lowest BCUT2D eigenvalue weighted by molar-refractivity contribution is 0.301. The van der Waals surface area contributed by atoms with Crippen LogP contribution >= 0.6 is 0 Å². The van der Waals surface area contributed by atoms with Gasteiger partial charge in [0, 0.05) is 25.2 Å². The molecule has 3 nitrogen and oxygen atoms in total. The van der Waals surface area contributed by atoms with E-state index in [2.05, 4.69) is 38.2 Å². The Labute approximate surface area is 108 Å². The molecule has 0 heterocycles. The first-order valence-electron chi connectivity index (χ1n) is 7.14. The molecule has 0 saturated carbocycles. The van der Waals surface area contributed by atoms with E-state index in [0.717, 1.165) is 19.6 Å². The second kappa shape index (κ2) is 9.86. The van der Waals surface area contributed by atoms with Crippen molar-refractivity contribution in [2.75, 3.05) is 33.7 Å². The van der Waals surface area contributed by atoms with Gasteiger partial charge in [-0.3, -0.25) is 0 Å². The van der Waals surface area contributed by atoms with E-state index < -0.39 is 0 Å².